The summed E-state index contributed by atoms with van der Waals surface area (Å²) < 4.78 is 5.19. The zero-order valence-corrected chi connectivity index (χ0v) is 19.0. The third-order valence-corrected chi connectivity index (χ3v) is 5.67. The quantitative estimate of drug-likeness (QED) is 0.444. The fourth-order valence-corrected chi connectivity index (χ4v) is 3.89. The number of halogens is 1. The first kappa shape index (κ1) is 23.4. The van der Waals surface area contributed by atoms with Crippen molar-refractivity contribution < 1.29 is 19.1 Å². The van der Waals surface area contributed by atoms with Crippen LogP contribution in [0.3, 0.4) is 0 Å². The van der Waals surface area contributed by atoms with Crippen LogP contribution in [0.2, 0.25) is 5.02 Å². The van der Waals surface area contributed by atoms with Crippen LogP contribution in [-0.4, -0.2) is 24.4 Å². The molecule has 0 bridgehead atoms. The first-order valence-electron chi connectivity index (χ1n) is 9.70. The lowest BCUT2D eigenvalue weighted by molar-refractivity contribution is -0.119. The van der Waals surface area contributed by atoms with Gasteiger partial charge in [0.2, 0.25) is 5.91 Å². The maximum absolute atomic E-state index is 12.5. The molecule has 0 unspecified atom stereocenters. The number of carbonyl (C=O) groups is 3. The van der Waals surface area contributed by atoms with Crippen molar-refractivity contribution in [1.82, 2.24) is 0 Å². The van der Waals surface area contributed by atoms with Gasteiger partial charge < -0.3 is 15.4 Å². The van der Waals surface area contributed by atoms with Gasteiger partial charge in [-0.15, -0.1) is 0 Å². The van der Waals surface area contributed by atoms with Crippen molar-refractivity contribution in [2.24, 2.45) is 0 Å². The van der Waals surface area contributed by atoms with E-state index in [0.29, 0.717) is 22.0 Å². The Hall–Kier alpha value is -3.29. The molecule has 32 heavy (non-hydrogen) atoms. The third kappa shape index (κ3) is 6.35. The van der Waals surface area contributed by atoms with Crippen LogP contribution in [0.1, 0.15) is 22.8 Å². The molecule has 3 aromatic carbocycles. The highest BCUT2D eigenvalue weighted by Crippen LogP contribution is 2.33. The summed E-state index contributed by atoms with van der Waals surface area (Å²) in [6, 6.07) is 19.7. The Balaban J connectivity index is 1.65. The van der Waals surface area contributed by atoms with E-state index in [1.165, 1.54) is 24.8 Å². The van der Waals surface area contributed by atoms with E-state index < -0.39 is 18.5 Å². The summed E-state index contributed by atoms with van der Waals surface area (Å²) in [6.07, 6.45) is 0. The Kier molecular flexibility index (Phi) is 7.92. The molecule has 0 radical (unpaired) electrons. The van der Waals surface area contributed by atoms with Gasteiger partial charge in [-0.05, 0) is 55.0 Å². The molecule has 0 atom stereocenters. The standard InChI is InChI=1S/C24H21ClN2O4S/c1-15-6-5-7-19(23(15)26-16(2)28)24(30)31-14-22(29)27-20-8-3-4-9-21(20)32-18-12-10-17(25)11-13-18/h3-13H,14H2,1-2H3,(H,26,28)(H,27,29). The molecular weight excluding hydrogens is 448 g/mol. The Morgan fingerprint density at radius 2 is 1.66 bits per heavy atom. The Morgan fingerprint density at radius 1 is 0.938 bits per heavy atom. The van der Waals surface area contributed by atoms with Crippen molar-refractivity contribution in [2.75, 3.05) is 17.2 Å². The topological polar surface area (TPSA) is 84.5 Å². The first-order chi connectivity index (χ1) is 15.3. The maximum atomic E-state index is 12.5. The minimum Gasteiger partial charge on any atom is -0.452 e. The van der Waals surface area contributed by atoms with E-state index in [9.17, 15) is 14.4 Å². The van der Waals surface area contributed by atoms with E-state index in [1.807, 2.05) is 24.3 Å². The minimum absolute atomic E-state index is 0.187. The molecule has 8 heteroatoms. The molecule has 2 amide bonds. The smallest absolute Gasteiger partial charge is 0.340 e. The molecule has 0 spiro atoms. The SMILES string of the molecule is CC(=O)Nc1c(C)cccc1C(=O)OCC(=O)Nc1ccccc1Sc1ccc(Cl)cc1. The van der Waals surface area contributed by atoms with Gasteiger partial charge in [0.05, 0.1) is 16.9 Å². The van der Waals surface area contributed by atoms with Crippen LogP contribution in [0.5, 0.6) is 0 Å². The number of nitrogens with one attached hydrogen (secondary N) is 2. The molecule has 0 saturated heterocycles. The molecule has 0 aliphatic rings. The number of amides is 2. The average molecular weight is 469 g/mol. The predicted molar refractivity (Wildman–Crippen MR) is 126 cm³/mol. The van der Waals surface area contributed by atoms with Gasteiger partial charge in [-0.25, -0.2) is 4.79 Å². The highest BCUT2D eigenvalue weighted by molar-refractivity contribution is 7.99. The highest BCUT2D eigenvalue weighted by Gasteiger charge is 2.17. The van der Waals surface area contributed by atoms with Gasteiger partial charge in [-0.2, -0.15) is 0 Å². The summed E-state index contributed by atoms with van der Waals surface area (Å²) in [7, 11) is 0. The fraction of sp³-hybridized carbons (Fsp3) is 0.125. The van der Waals surface area contributed by atoms with Crippen molar-refractivity contribution in [3.05, 3.63) is 82.9 Å². The number of anilines is 2. The molecule has 0 fully saturated rings. The van der Waals surface area contributed by atoms with Gasteiger partial charge >= 0.3 is 5.97 Å². The number of ether oxygens (including phenoxy) is 1. The number of hydrogen-bond donors (Lipinski definition) is 2. The lowest BCUT2D eigenvalue weighted by atomic mass is 10.1. The number of benzene rings is 3. The molecule has 0 heterocycles. The molecule has 3 rings (SSSR count). The van der Waals surface area contributed by atoms with Crippen molar-refractivity contribution >= 4 is 52.5 Å². The van der Waals surface area contributed by atoms with E-state index >= 15 is 0 Å². The van der Waals surface area contributed by atoms with E-state index in [2.05, 4.69) is 10.6 Å². The molecular formula is C24H21ClN2O4S. The monoisotopic (exact) mass is 468 g/mol. The summed E-state index contributed by atoms with van der Waals surface area (Å²) in [5, 5.41) is 6.05. The molecule has 0 aliphatic carbocycles. The lowest BCUT2D eigenvalue weighted by Crippen LogP contribution is -2.22. The van der Waals surface area contributed by atoms with Crippen LogP contribution in [0.4, 0.5) is 11.4 Å². The van der Waals surface area contributed by atoms with Crippen LogP contribution < -0.4 is 10.6 Å². The largest absolute Gasteiger partial charge is 0.452 e. The summed E-state index contributed by atoms with van der Waals surface area (Å²) in [6.45, 7) is 2.66. The van der Waals surface area contributed by atoms with E-state index in [1.54, 1.807) is 43.3 Å². The number of aryl methyl sites for hydroxylation is 1. The first-order valence-corrected chi connectivity index (χ1v) is 10.9. The molecule has 6 nitrogen and oxygen atoms in total. The summed E-state index contributed by atoms with van der Waals surface area (Å²) in [4.78, 5) is 38.2. The van der Waals surface area contributed by atoms with Gasteiger partial charge in [0.15, 0.2) is 6.61 Å². The van der Waals surface area contributed by atoms with Gasteiger partial charge in [0, 0.05) is 21.7 Å². The van der Waals surface area contributed by atoms with Crippen LogP contribution in [-0.2, 0) is 14.3 Å². The van der Waals surface area contributed by atoms with Crippen LogP contribution in [0, 0.1) is 6.92 Å². The van der Waals surface area contributed by atoms with Crippen LogP contribution >= 0.6 is 23.4 Å². The highest BCUT2D eigenvalue weighted by atomic mass is 35.5. The lowest BCUT2D eigenvalue weighted by Gasteiger charge is -2.13. The summed E-state index contributed by atoms with van der Waals surface area (Å²) in [5.74, 6) is -1.48. The number of hydrogen-bond acceptors (Lipinski definition) is 5. The second-order valence-electron chi connectivity index (χ2n) is 6.86. The van der Waals surface area contributed by atoms with Crippen molar-refractivity contribution in [1.29, 1.82) is 0 Å². The number of esters is 1. The Labute approximate surface area is 195 Å². The number of carbonyl (C=O) groups excluding carboxylic acids is 3. The molecule has 164 valence electrons. The molecule has 0 aliphatic heterocycles. The minimum atomic E-state index is -0.698. The zero-order chi connectivity index (χ0) is 23.1. The van der Waals surface area contributed by atoms with Crippen LogP contribution in [0.15, 0.2) is 76.5 Å². The second-order valence-corrected chi connectivity index (χ2v) is 8.41. The van der Waals surface area contributed by atoms with Crippen molar-refractivity contribution in [3.8, 4) is 0 Å². The predicted octanol–water partition coefficient (Wildman–Crippen LogP) is 5.55. The van der Waals surface area contributed by atoms with Gasteiger partial charge in [0.25, 0.3) is 5.91 Å². The van der Waals surface area contributed by atoms with Gasteiger partial charge in [0.1, 0.15) is 0 Å². The fourth-order valence-electron chi connectivity index (χ4n) is 2.86. The maximum Gasteiger partial charge on any atom is 0.340 e. The van der Waals surface area contributed by atoms with Crippen molar-refractivity contribution in [3.63, 3.8) is 0 Å². The average Bonchev–Trinajstić information content (AvgIpc) is 2.76. The normalized spacial score (nSPS) is 10.3. The Morgan fingerprint density at radius 3 is 2.38 bits per heavy atom. The summed E-state index contributed by atoms with van der Waals surface area (Å²) >= 11 is 7.41. The second kappa shape index (κ2) is 10.8. The van der Waals surface area contributed by atoms with Gasteiger partial charge in [-0.3, -0.25) is 9.59 Å². The third-order valence-electron chi connectivity index (χ3n) is 4.33. The van der Waals surface area contributed by atoms with E-state index in [0.717, 1.165) is 9.79 Å². The van der Waals surface area contributed by atoms with E-state index in [4.69, 9.17) is 16.3 Å². The van der Waals surface area contributed by atoms with Gasteiger partial charge in [-0.1, -0.05) is 47.6 Å². The van der Waals surface area contributed by atoms with Crippen LogP contribution in [0.25, 0.3) is 0 Å². The Bertz CT molecular complexity index is 1150. The van der Waals surface area contributed by atoms with E-state index in [-0.39, 0.29) is 11.5 Å². The molecule has 2 N–H and O–H groups in total. The molecule has 0 aromatic heterocycles. The molecule has 3 aromatic rings. The zero-order valence-electron chi connectivity index (χ0n) is 17.5. The van der Waals surface area contributed by atoms with Crippen molar-refractivity contribution in [2.45, 2.75) is 23.6 Å². The molecule has 0 saturated carbocycles. The summed E-state index contributed by atoms with van der Waals surface area (Å²) in [5.41, 5.74) is 1.87. The number of para-hydroxylation sites is 2. The number of rotatable bonds is 7.